The molecular formula is C15H32N2O2S. The van der Waals surface area contributed by atoms with Gasteiger partial charge in [0.1, 0.15) is 0 Å². The molecule has 0 aromatic heterocycles. The van der Waals surface area contributed by atoms with Crippen LogP contribution in [0.4, 0.5) is 0 Å². The van der Waals surface area contributed by atoms with Gasteiger partial charge in [0.15, 0.2) is 9.84 Å². The molecule has 0 aromatic carbocycles. The zero-order valence-electron chi connectivity index (χ0n) is 13.6. The Bertz CT molecular complexity index is 374. The van der Waals surface area contributed by atoms with Crippen molar-refractivity contribution >= 4 is 9.84 Å². The Balaban J connectivity index is 2.46. The van der Waals surface area contributed by atoms with E-state index in [-0.39, 0.29) is 5.41 Å². The molecule has 0 radical (unpaired) electrons. The van der Waals surface area contributed by atoms with E-state index in [9.17, 15) is 8.42 Å². The molecule has 1 aliphatic rings. The van der Waals surface area contributed by atoms with Crippen LogP contribution in [0.25, 0.3) is 0 Å². The topological polar surface area (TPSA) is 49.4 Å². The lowest BCUT2D eigenvalue weighted by molar-refractivity contribution is 0.210. The minimum Gasteiger partial charge on any atom is -0.313 e. The van der Waals surface area contributed by atoms with Gasteiger partial charge in [-0.05, 0) is 44.3 Å². The smallest absolute Gasteiger partial charge is 0.151 e. The van der Waals surface area contributed by atoms with Gasteiger partial charge in [0.2, 0.25) is 0 Å². The Kier molecular flexibility index (Phi) is 6.95. The highest BCUT2D eigenvalue weighted by atomic mass is 32.2. The second-order valence-corrected chi connectivity index (χ2v) is 9.31. The average Bonchev–Trinajstić information content (AvgIpc) is 2.49. The van der Waals surface area contributed by atoms with E-state index in [1.807, 2.05) is 0 Å². The summed E-state index contributed by atoms with van der Waals surface area (Å²) >= 11 is 0. The van der Waals surface area contributed by atoms with Crippen molar-refractivity contribution in [2.45, 2.75) is 53.0 Å². The van der Waals surface area contributed by atoms with E-state index in [0.717, 1.165) is 38.9 Å². The fourth-order valence-corrected chi connectivity index (χ4v) is 3.99. The van der Waals surface area contributed by atoms with Crippen molar-refractivity contribution in [3.05, 3.63) is 0 Å². The van der Waals surface area contributed by atoms with E-state index in [1.165, 1.54) is 0 Å². The van der Waals surface area contributed by atoms with E-state index in [0.29, 0.717) is 24.1 Å². The SMILES string of the molecule is CCCNC(CCN1CCCS(=O)(=O)CC1)C(C)(C)C. The number of sulfone groups is 1. The summed E-state index contributed by atoms with van der Waals surface area (Å²) in [6.45, 7) is 12.7. The number of nitrogens with zero attached hydrogens (tertiary/aromatic N) is 1. The predicted octanol–water partition coefficient (Wildman–Crippen LogP) is 1.91. The van der Waals surface area contributed by atoms with Crippen LogP contribution in [0.2, 0.25) is 0 Å². The Labute approximate surface area is 125 Å². The summed E-state index contributed by atoms with van der Waals surface area (Å²) in [6.07, 6.45) is 3.02. The maximum atomic E-state index is 11.6. The van der Waals surface area contributed by atoms with Crippen molar-refractivity contribution in [2.24, 2.45) is 5.41 Å². The number of nitrogens with one attached hydrogen (secondary N) is 1. The minimum absolute atomic E-state index is 0.243. The lowest BCUT2D eigenvalue weighted by Gasteiger charge is -2.33. The lowest BCUT2D eigenvalue weighted by Crippen LogP contribution is -2.43. The highest BCUT2D eigenvalue weighted by Crippen LogP contribution is 2.22. The first kappa shape index (κ1) is 17.9. The molecule has 1 fully saturated rings. The van der Waals surface area contributed by atoms with Gasteiger partial charge in [-0.2, -0.15) is 0 Å². The third-order valence-corrected chi connectivity index (χ3v) is 5.78. The Morgan fingerprint density at radius 1 is 1.20 bits per heavy atom. The molecule has 5 heteroatoms. The summed E-state index contributed by atoms with van der Waals surface area (Å²) in [5, 5.41) is 3.64. The van der Waals surface area contributed by atoms with Crippen LogP contribution < -0.4 is 5.32 Å². The Hall–Kier alpha value is -0.130. The van der Waals surface area contributed by atoms with Crippen molar-refractivity contribution < 1.29 is 8.42 Å². The standard InChI is InChI=1S/C15H32N2O2S/c1-5-8-16-14(15(2,3)4)7-10-17-9-6-12-20(18,19)13-11-17/h14,16H,5-13H2,1-4H3. The first-order valence-electron chi connectivity index (χ1n) is 7.91. The van der Waals surface area contributed by atoms with Crippen LogP contribution >= 0.6 is 0 Å². The molecule has 20 heavy (non-hydrogen) atoms. The molecule has 0 amide bonds. The number of hydrogen-bond acceptors (Lipinski definition) is 4. The van der Waals surface area contributed by atoms with E-state index < -0.39 is 9.84 Å². The number of hydrogen-bond donors (Lipinski definition) is 1. The molecule has 1 rings (SSSR count). The minimum atomic E-state index is -2.79. The van der Waals surface area contributed by atoms with Crippen LogP contribution in [0.1, 0.15) is 47.0 Å². The van der Waals surface area contributed by atoms with Crippen LogP contribution in [0, 0.1) is 5.41 Å². The van der Waals surface area contributed by atoms with Gasteiger partial charge < -0.3 is 10.2 Å². The molecule has 1 aliphatic heterocycles. The van der Waals surface area contributed by atoms with Gasteiger partial charge >= 0.3 is 0 Å². The molecule has 0 aliphatic carbocycles. The second kappa shape index (κ2) is 7.76. The summed E-state index contributed by atoms with van der Waals surface area (Å²) in [5.41, 5.74) is 0.243. The molecule has 0 bridgehead atoms. The second-order valence-electron chi connectivity index (χ2n) is 7.01. The monoisotopic (exact) mass is 304 g/mol. The maximum absolute atomic E-state index is 11.6. The quantitative estimate of drug-likeness (QED) is 0.814. The molecule has 0 spiro atoms. The van der Waals surface area contributed by atoms with E-state index >= 15 is 0 Å². The average molecular weight is 305 g/mol. The summed E-state index contributed by atoms with van der Waals surface area (Å²) in [7, 11) is -2.79. The number of rotatable bonds is 6. The fourth-order valence-electron chi connectivity index (χ4n) is 2.69. The van der Waals surface area contributed by atoms with Crippen molar-refractivity contribution in [3.63, 3.8) is 0 Å². The molecule has 1 heterocycles. The van der Waals surface area contributed by atoms with E-state index in [2.05, 4.69) is 37.9 Å². The van der Waals surface area contributed by atoms with E-state index in [1.54, 1.807) is 0 Å². The molecule has 1 saturated heterocycles. The van der Waals surface area contributed by atoms with Gasteiger partial charge in [-0.3, -0.25) is 0 Å². The van der Waals surface area contributed by atoms with Crippen molar-refractivity contribution in [3.8, 4) is 0 Å². The van der Waals surface area contributed by atoms with Gasteiger partial charge in [0.25, 0.3) is 0 Å². The third-order valence-electron chi connectivity index (χ3n) is 4.07. The lowest BCUT2D eigenvalue weighted by atomic mass is 9.84. The Morgan fingerprint density at radius 3 is 2.50 bits per heavy atom. The Morgan fingerprint density at radius 2 is 1.90 bits per heavy atom. The molecule has 1 N–H and O–H groups in total. The zero-order chi connectivity index (χ0) is 15.2. The molecule has 120 valence electrons. The molecule has 1 unspecified atom stereocenters. The largest absolute Gasteiger partial charge is 0.313 e. The van der Waals surface area contributed by atoms with Gasteiger partial charge in [0.05, 0.1) is 11.5 Å². The molecule has 1 atom stereocenters. The highest BCUT2D eigenvalue weighted by Gasteiger charge is 2.25. The first-order chi connectivity index (χ1) is 9.24. The summed E-state index contributed by atoms with van der Waals surface area (Å²) in [5.74, 6) is 0.690. The van der Waals surface area contributed by atoms with Gasteiger partial charge in [-0.25, -0.2) is 8.42 Å². The van der Waals surface area contributed by atoms with Crippen LogP contribution in [0.15, 0.2) is 0 Å². The first-order valence-corrected chi connectivity index (χ1v) is 9.73. The molecule has 0 aromatic rings. The third kappa shape index (κ3) is 6.55. The fraction of sp³-hybridized carbons (Fsp3) is 1.00. The molecular weight excluding hydrogens is 272 g/mol. The molecule has 0 saturated carbocycles. The van der Waals surface area contributed by atoms with Crippen molar-refractivity contribution in [1.29, 1.82) is 0 Å². The summed E-state index contributed by atoms with van der Waals surface area (Å²) in [4.78, 5) is 2.32. The van der Waals surface area contributed by atoms with Crippen LogP contribution in [-0.4, -0.2) is 57.0 Å². The van der Waals surface area contributed by atoms with Crippen LogP contribution in [0.5, 0.6) is 0 Å². The van der Waals surface area contributed by atoms with Crippen LogP contribution in [0.3, 0.4) is 0 Å². The van der Waals surface area contributed by atoms with Gasteiger partial charge in [0, 0.05) is 12.6 Å². The van der Waals surface area contributed by atoms with Gasteiger partial charge in [-0.1, -0.05) is 27.7 Å². The predicted molar refractivity (Wildman–Crippen MR) is 85.9 cm³/mol. The zero-order valence-corrected chi connectivity index (χ0v) is 14.4. The normalized spacial score (nSPS) is 22.4. The van der Waals surface area contributed by atoms with Crippen molar-refractivity contribution in [2.75, 3.05) is 37.7 Å². The van der Waals surface area contributed by atoms with Gasteiger partial charge in [-0.15, -0.1) is 0 Å². The van der Waals surface area contributed by atoms with Crippen molar-refractivity contribution in [1.82, 2.24) is 10.2 Å². The molecule has 4 nitrogen and oxygen atoms in total. The maximum Gasteiger partial charge on any atom is 0.151 e. The summed E-state index contributed by atoms with van der Waals surface area (Å²) < 4.78 is 23.2. The highest BCUT2D eigenvalue weighted by molar-refractivity contribution is 7.91. The summed E-state index contributed by atoms with van der Waals surface area (Å²) in [6, 6.07) is 0.488. The van der Waals surface area contributed by atoms with E-state index in [4.69, 9.17) is 0 Å². The van der Waals surface area contributed by atoms with Crippen LogP contribution in [-0.2, 0) is 9.84 Å².